The van der Waals surface area contributed by atoms with Crippen molar-refractivity contribution >= 4 is 5.91 Å². The van der Waals surface area contributed by atoms with E-state index < -0.39 is 0 Å². The standard InChI is InChI=1S/C23H37N3O/c1-25-17-11-21(12-18-25)19-20-7-9-22(10-8-20)23(27)24-13-6-16-26-14-4-2-3-5-15-26/h7-10,21H,2-6,11-19H2,1H3,(H,24,27). The van der Waals surface area contributed by atoms with Crippen molar-refractivity contribution in [3.8, 4) is 0 Å². The summed E-state index contributed by atoms with van der Waals surface area (Å²) in [6, 6.07) is 8.28. The third-order valence-corrected chi connectivity index (χ3v) is 6.21. The van der Waals surface area contributed by atoms with E-state index in [2.05, 4.69) is 34.3 Å². The molecule has 27 heavy (non-hydrogen) atoms. The van der Waals surface area contributed by atoms with Crippen LogP contribution in [0.5, 0.6) is 0 Å². The zero-order chi connectivity index (χ0) is 18.9. The molecule has 0 unspecified atom stereocenters. The van der Waals surface area contributed by atoms with Crippen molar-refractivity contribution in [3.63, 3.8) is 0 Å². The molecule has 2 aliphatic heterocycles. The molecule has 3 rings (SSSR count). The van der Waals surface area contributed by atoms with E-state index in [0.29, 0.717) is 0 Å². The summed E-state index contributed by atoms with van der Waals surface area (Å²) in [4.78, 5) is 17.3. The van der Waals surface area contributed by atoms with Crippen LogP contribution in [-0.2, 0) is 6.42 Å². The Balaban J connectivity index is 1.35. The number of carbonyl (C=O) groups excluding carboxylic acids is 1. The molecule has 1 amide bonds. The number of nitrogens with zero attached hydrogens (tertiary/aromatic N) is 2. The van der Waals surface area contributed by atoms with Crippen LogP contribution < -0.4 is 5.32 Å². The van der Waals surface area contributed by atoms with Crippen LogP contribution in [0.25, 0.3) is 0 Å². The van der Waals surface area contributed by atoms with Crippen LogP contribution in [0, 0.1) is 5.92 Å². The molecule has 1 N–H and O–H groups in total. The van der Waals surface area contributed by atoms with Crippen LogP contribution >= 0.6 is 0 Å². The van der Waals surface area contributed by atoms with Crippen LogP contribution in [-0.4, -0.2) is 62.0 Å². The molecule has 0 atom stereocenters. The van der Waals surface area contributed by atoms with Gasteiger partial charge in [-0.05, 0) is 102 Å². The number of hydrogen-bond acceptors (Lipinski definition) is 3. The van der Waals surface area contributed by atoms with Crippen LogP contribution in [0.1, 0.15) is 60.9 Å². The Morgan fingerprint density at radius 1 is 1.00 bits per heavy atom. The molecule has 0 aliphatic carbocycles. The SMILES string of the molecule is CN1CCC(Cc2ccc(C(=O)NCCCN3CCCCCC3)cc2)CC1. The maximum atomic E-state index is 12.4. The zero-order valence-electron chi connectivity index (χ0n) is 17.1. The van der Waals surface area contributed by atoms with E-state index in [1.165, 1.54) is 70.3 Å². The van der Waals surface area contributed by atoms with Gasteiger partial charge in [-0.3, -0.25) is 4.79 Å². The van der Waals surface area contributed by atoms with E-state index in [-0.39, 0.29) is 5.91 Å². The van der Waals surface area contributed by atoms with E-state index in [9.17, 15) is 4.79 Å². The number of rotatable bonds is 7. The second-order valence-electron chi connectivity index (χ2n) is 8.51. The lowest BCUT2D eigenvalue weighted by molar-refractivity contribution is 0.0951. The molecule has 1 aromatic rings. The Kier molecular flexibility index (Phi) is 8.15. The Bertz CT molecular complexity index is 555. The number of hydrogen-bond donors (Lipinski definition) is 1. The van der Waals surface area contributed by atoms with Gasteiger partial charge in [0.1, 0.15) is 0 Å². The number of piperidine rings is 1. The third kappa shape index (κ3) is 6.93. The molecule has 1 aromatic carbocycles. The average Bonchev–Trinajstić information content (AvgIpc) is 2.96. The molecule has 2 heterocycles. The van der Waals surface area contributed by atoms with Crippen molar-refractivity contribution in [1.29, 1.82) is 0 Å². The first kappa shape index (κ1) is 20.3. The molecule has 0 aromatic heterocycles. The quantitative estimate of drug-likeness (QED) is 0.745. The van der Waals surface area contributed by atoms with Gasteiger partial charge in [-0.1, -0.05) is 25.0 Å². The monoisotopic (exact) mass is 371 g/mol. The molecular formula is C23H37N3O. The topological polar surface area (TPSA) is 35.6 Å². The lowest BCUT2D eigenvalue weighted by Crippen LogP contribution is -2.31. The molecule has 2 fully saturated rings. The van der Waals surface area contributed by atoms with Gasteiger partial charge in [-0.15, -0.1) is 0 Å². The minimum absolute atomic E-state index is 0.0664. The summed E-state index contributed by atoms with van der Waals surface area (Å²) in [5, 5.41) is 3.09. The molecule has 150 valence electrons. The lowest BCUT2D eigenvalue weighted by Gasteiger charge is -2.28. The van der Waals surface area contributed by atoms with Gasteiger partial charge in [-0.25, -0.2) is 0 Å². The zero-order valence-corrected chi connectivity index (χ0v) is 17.1. The predicted octanol–water partition coefficient (Wildman–Crippen LogP) is 3.57. The first-order chi connectivity index (χ1) is 13.2. The molecule has 0 radical (unpaired) electrons. The molecule has 0 saturated carbocycles. The van der Waals surface area contributed by atoms with E-state index >= 15 is 0 Å². The Hall–Kier alpha value is -1.39. The van der Waals surface area contributed by atoms with Crippen molar-refractivity contribution < 1.29 is 4.79 Å². The van der Waals surface area contributed by atoms with E-state index in [0.717, 1.165) is 37.4 Å². The van der Waals surface area contributed by atoms with Gasteiger partial charge in [0, 0.05) is 12.1 Å². The molecule has 4 heteroatoms. The summed E-state index contributed by atoms with van der Waals surface area (Å²) >= 11 is 0. The van der Waals surface area contributed by atoms with Gasteiger partial charge in [0.15, 0.2) is 0 Å². The second kappa shape index (κ2) is 10.8. The number of benzene rings is 1. The highest BCUT2D eigenvalue weighted by atomic mass is 16.1. The molecular weight excluding hydrogens is 334 g/mol. The summed E-state index contributed by atoms with van der Waals surface area (Å²) in [7, 11) is 2.21. The summed E-state index contributed by atoms with van der Waals surface area (Å²) in [5.74, 6) is 0.858. The van der Waals surface area contributed by atoms with Gasteiger partial charge in [0.2, 0.25) is 0 Å². The summed E-state index contributed by atoms with van der Waals surface area (Å²) in [6.07, 6.45) is 10.2. The van der Waals surface area contributed by atoms with Crippen LogP contribution in [0.3, 0.4) is 0 Å². The minimum Gasteiger partial charge on any atom is -0.352 e. The fourth-order valence-electron chi connectivity index (χ4n) is 4.36. The molecule has 2 aliphatic rings. The average molecular weight is 372 g/mol. The smallest absolute Gasteiger partial charge is 0.251 e. The van der Waals surface area contributed by atoms with E-state index in [1.807, 2.05) is 12.1 Å². The lowest BCUT2D eigenvalue weighted by atomic mass is 9.90. The van der Waals surface area contributed by atoms with Crippen LogP contribution in [0.2, 0.25) is 0 Å². The van der Waals surface area contributed by atoms with Crippen molar-refractivity contribution in [1.82, 2.24) is 15.1 Å². The first-order valence-electron chi connectivity index (χ1n) is 11.0. The van der Waals surface area contributed by atoms with Crippen molar-refractivity contribution in [2.75, 3.05) is 46.3 Å². The van der Waals surface area contributed by atoms with Crippen molar-refractivity contribution in [2.45, 2.75) is 51.4 Å². The van der Waals surface area contributed by atoms with E-state index in [4.69, 9.17) is 0 Å². The normalized spacial score (nSPS) is 20.3. The summed E-state index contributed by atoms with van der Waals surface area (Å²) < 4.78 is 0. The largest absolute Gasteiger partial charge is 0.352 e. The number of likely N-dealkylation sites (tertiary alicyclic amines) is 2. The first-order valence-corrected chi connectivity index (χ1v) is 11.0. The van der Waals surface area contributed by atoms with Gasteiger partial charge in [0.05, 0.1) is 0 Å². The highest BCUT2D eigenvalue weighted by Gasteiger charge is 2.17. The molecule has 0 bridgehead atoms. The number of amides is 1. The Morgan fingerprint density at radius 2 is 1.67 bits per heavy atom. The fraction of sp³-hybridized carbons (Fsp3) is 0.696. The second-order valence-corrected chi connectivity index (χ2v) is 8.51. The van der Waals surface area contributed by atoms with Crippen LogP contribution in [0.4, 0.5) is 0 Å². The van der Waals surface area contributed by atoms with Crippen LogP contribution in [0.15, 0.2) is 24.3 Å². The Morgan fingerprint density at radius 3 is 2.33 bits per heavy atom. The third-order valence-electron chi connectivity index (χ3n) is 6.21. The van der Waals surface area contributed by atoms with Gasteiger partial charge < -0.3 is 15.1 Å². The van der Waals surface area contributed by atoms with Gasteiger partial charge in [0.25, 0.3) is 5.91 Å². The Labute approximate surface area is 165 Å². The molecule has 4 nitrogen and oxygen atoms in total. The highest BCUT2D eigenvalue weighted by molar-refractivity contribution is 5.94. The van der Waals surface area contributed by atoms with E-state index in [1.54, 1.807) is 0 Å². The molecule has 0 spiro atoms. The maximum Gasteiger partial charge on any atom is 0.251 e. The predicted molar refractivity (Wildman–Crippen MR) is 112 cm³/mol. The summed E-state index contributed by atoms with van der Waals surface area (Å²) in [5.41, 5.74) is 2.15. The van der Waals surface area contributed by atoms with Crippen molar-refractivity contribution in [3.05, 3.63) is 35.4 Å². The number of nitrogens with one attached hydrogen (secondary N) is 1. The number of carbonyl (C=O) groups is 1. The van der Waals surface area contributed by atoms with Gasteiger partial charge in [-0.2, -0.15) is 0 Å². The maximum absolute atomic E-state index is 12.4. The summed E-state index contributed by atoms with van der Waals surface area (Å²) in [6.45, 7) is 6.76. The van der Waals surface area contributed by atoms with Crippen molar-refractivity contribution in [2.24, 2.45) is 5.92 Å². The van der Waals surface area contributed by atoms with Gasteiger partial charge >= 0.3 is 0 Å². The fourth-order valence-corrected chi connectivity index (χ4v) is 4.36. The molecule has 2 saturated heterocycles. The minimum atomic E-state index is 0.0664. The highest BCUT2D eigenvalue weighted by Crippen LogP contribution is 2.21.